The fraction of sp³-hybridized carbons (Fsp3) is 0.556. The Morgan fingerprint density at radius 1 is 1.14 bits per heavy atom. The van der Waals surface area contributed by atoms with Gasteiger partial charge in [0, 0.05) is 19.8 Å². The van der Waals surface area contributed by atoms with E-state index >= 15 is 0 Å². The Hall–Kier alpha value is -2.01. The quantitative estimate of drug-likeness (QED) is 0.446. The van der Waals surface area contributed by atoms with Crippen LogP contribution < -0.4 is 4.72 Å². The summed E-state index contributed by atoms with van der Waals surface area (Å²) in [6, 6.07) is 3.51. The van der Waals surface area contributed by atoms with Crippen molar-refractivity contribution >= 4 is 22.0 Å². The second-order valence-electron chi connectivity index (χ2n) is 6.19. The van der Waals surface area contributed by atoms with E-state index < -0.39 is 22.0 Å². The number of methoxy groups -OCH3 is 2. The lowest BCUT2D eigenvalue weighted by Gasteiger charge is -2.11. The highest BCUT2D eigenvalue weighted by Gasteiger charge is 2.21. The van der Waals surface area contributed by atoms with E-state index in [1.165, 1.54) is 6.07 Å². The fourth-order valence-electron chi connectivity index (χ4n) is 2.68. The van der Waals surface area contributed by atoms with E-state index in [0.717, 1.165) is 45.8 Å². The Balaban J connectivity index is 1.96. The molecule has 1 fully saturated rings. The van der Waals surface area contributed by atoms with Gasteiger partial charge in [-0.05, 0) is 37.5 Å². The van der Waals surface area contributed by atoms with E-state index in [2.05, 4.69) is 14.2 Å². The molecule has 10 heteroatoms. The minimum Gasteiger partial charge on any atom is -0.465 e. The van der Waals surface area contributed by atoms with Crippen LogP contribution in [0, 0.1) is 0 Å². The topological polar surface area (TPSA) is 117 Å². The third-order valence-electron chi connectivity index (χ3n) is 4.14. The minimum absolute atomic E-state index is 0.0642. The molecule has 1 aromatic carbocycles. The van der Waals surface area contributed by atoms with Gasteiger partial charge in [-0.2, -0.15) is 0 Å². The van der Waals surface area contributed by atoms with Gasteiger partial charge in [-0.3, -0.25) is 0 Å². The van der Waals surface area contributed by atoms with Crippen LogP contribution in [0.4, 0.5) is 0 Å². The van der Waals surface area contributed by atoms with Gasteiger partial charge in [0.2, 0.25) is 10.0 Å². The molecular formula is C18H25NO8S. The van der Waals surface area contributed by atoms with Gasteiger partial charge in [-0.25, -0.2) is 22.7 Å². The number of hydrogen-bond donors (Lipinski definition) is 1. The average molecular weight is 415 g/mol. The van der Waals surface area contributed by atoms with E-state index in [0.29, 0.717) is 19.6 Å². The Kier molecular flexibility index (Phi) is 8.36. The van der Waals surface area contributed by atoms with Crippen molar-refractivity contribution in [1.82, 2.24) is 4.72 Å². The minimum atomic E-state index is -3.94. The number of carbonyl (C=O) groups excluding carboxylic acids is 2. The van der Waals surface area contributed by atoms with E-state index in [4.69, 9.17) is 9.47 Å². The predicted octanol–water partition coefficient (Wildman–Crippen LogP) is 1.12. The van der Waals surface area contributed by atoms with Crippen molar-refractivity contribution in [2.45, 2.75) is 30.3 Å². The molecule has 1 aromatic rings. The van der Waals surface area contributed by atoms with Gasteiger partial charge in [-0.1, -0.05) is 0 Å². The Morgan fingerprint density at radius 3 is 2.32 bits per heavy atom. The third kappa shape index (κ3) is 6.26. The molecule has 2 rings (SSSR count). The highest BCUT2D eigenvalue weighted by molar-refractivity contribution is 7.89. The first-order valence-electron chi connectivity index (χ1n) is 8.88. The lowest BCUT2D eigenvalue weighted by atomic mass is 10.1. The fourth-order valence-corrected chi connectivity index (χ4v) is 3.82. The molecule has 0 radical (unpaired) electrons. The van der Waals surface area contributed by atoms with E-state index in [-0.39, 0.29) is 28.7 Å². The van der Waals surface area contributed by atoms with Gasteiger partial charge >= 0.3 is 11.9 Å². The van der Waals surface area contributed by atoms with Crippen molar-refractivity contribution in [3.05, 3.63) is 29.3 Å². The maximum absolute atomic E-state index is 12.5. The molecule has 1 saturated heterocycles. The van der Waals surface area contributed by atoms with Gasteiger partial charge in [-0.15, -0.1) is 0 Å². The standard InChI is InChI=1S/C18H25NO8S/c1-24-17(20)13-9-14(18(21)25-2)11-16(10-13)28(22,23)19-6-4-7-26-12-15-5-3-8-27-15/h9-11,15,19H,3-8,12H2,1-2H3. The number of nitrogens with one attached hydrogen (secondary N) is 1. The van der Waals surface area contributed by atoms with Crippen LogP contribution in [0.5, 0.6) is 0 Å². The monoisotopic (exact) mass is 415 g/mol. The zero-order valence-corrected chi connectivity index (χ0v) is 16.7. The van der Waals surface area contributed by atoms with E-state index in [1.807, 2.05) is 0 Å². The van der Waals surface area contributed by atoms with Crippen LogP contribution in [0.2, 0.25) is 0 Å². The molecule has 1 aliphatic heterocycles. The largest absolute Gasteiger partial charge is 0.465 e. The van der Waals surface area contributed by atoms with Crippen LogP contribution in [0.3, 0.4) is 0 Å². The first-order valence-corrected chi connectivity index (χ1v) is 10.4. The van der Waals surface area contributed by atoms with Crippen LogP contribution in [0.25, 0.3) is 0 Å². The normalized spacial score (nSPS) is 16.7. The van der Waals surface area contributed by atoms with Gasteiger partial charge < -0.3 is 18.9 Å². The molecule has 1 atom stereocenters. The van der Waals surface area contributed by atoms with Crippen molar-refractivity contribution in [1.29, 1.82) is 0 Å². The molecule has 1 heterocycles. The van der Waals surface area contributed by atoms with E-state index in [1.54, 1.807) is 0 Å². The molecule has 0 aliphatic carbocycles. The Bertz CT molecular complexity index is 753. The molecule has 156 valence electrons. The average Bonchev–Trinajstić information content (AvgIpc) is 3.22. The maximum Gasteiger partial charge on any atom is 0.337 e. The number of carbonyl (C=O) groups is 2. The molecule has 0 amide bonds. The smallest absolute Gasteiger partial charge is 0.337 e. The van der Waals surface area contributed by atoms with Crippen LogP contribution in [0.15, 0.2) is 23.1 Å². The second kappa shape index (κ2) is 10.5. The van der Waals surface area contributed by atoms with Gasteiger partial charge in [0.25, 0.3) is 0 Å². The van der Waals surface area contributed by atoms with Crippen molar-refractivity contribution in [3.63, 3.8) is 0 Å². The zero-order valence-electron chi connectivity index (χ0n) is 15.9. The van der Waals surface area contributed by atoms with Gasteiger partial charge in [0.15, 0.2) is 0 Å². The van der Waals surface area contributed by atoms with Crippen LogP contribution in [-0.2, 0) is 29.0 Å². The van der Waals surface area contributed by atoms with E-state index in [9.17, 15) is 18.0 Å². The SMILES string of the molecule is COC(=O)c1cc(C(=O)OC)cc(S(=O)(=O)NCCCOCC2CCCO2)c1. The summed E-state index contributed by atoms with van der Waals surface area (Å²) in [7, 11) is -1.61. The Labute approximate surface area is 164 Å². The first kappa shape index (κ1) is 22.3. The van der Waals surface area contributed by atoms with Crippen LogP contribution >= 0.6 is 0 Å². The number of rotatable bonds is 10. The van der Waals surface area contributed by atoms with Crippen molar-refractivity contribution in [2.24, 2.45) is 0 Å². The number of ether oxygens (including phenoxy) is 4. The van der Waals surface area contributed by atoms with Crippen molar-refractivity contribution in [2.75, 3.05) is 40.6 Å². The summed E-state index contributed by atoms with van der Waals surface area (Å²) in [6.07, 6.45) is 2.60. The molecule has 1 N–H and O–H groups in total. The third-order valence-corrected chi connectivity index (χ3v) is 5.58. The Morgan fingerprint density at radius 2 is 1.79 bits per heavy atom. The predicted molar refractivity (Wildman–Crippen MR) is 98.7 cm³/mol. The molecule has 0 saturated carbocycles. The number of benzene rings is 1. The summed E-state index contributed by atoms with van der Waals surface area (Å²) in [5.74, 6) is -1.52. The highest BCUT2D eigenvalue weighted by atomic mass is 32.2. The number of sulfonamides is 1. The lowest BCUT2D eigenvalue weighted by molar-refractivity contribution is 0.0169. The van der Waals surface area contributed by atoms with Gasteiger partial charge in [0.05, 0.1) is 43.0 Å². The zero-order chi connectivity index (χ0) is 20.6. The summed E-state index contributed by atoms with van der Waals surface area (Å²) in [5, 5.41) is 0. The first-order chi connectivity index (χ1) is 13.4. The molecule has 0 spiro atoms. The highest BCUT2D eigenvalue weighted by Crippen LogP contribution is 2.17. The van der Waals surface area contributed by atoms with Crippen molar-refractivity contribution < 1.29 is 37.0 Å². The number of hydrogen-bond acceptors (Lipinski definition) is 8. The molecular weight excluding hydrogens is 390 g/mol. The molecule has 1 unspecified atom stereocenters. The lowest BCUT2D eigenvalue weighted by Crippen LogP contribution is -2.26. The molecule has 0 bridgehead atoms. The second-order valence-corrected chi connectivity index (χ2v) is 7.96. The molecule has 1 aliphatic rings. The molecule has 9 nitrogen and oxygen atoms in total. The summed E-state index contributed by atoms with van der Waals surface area (Å²) in [6.45, 7) is 1.78. The maximum atomic E-state index is 12.5. The molecule has 28 heavy (non-hydrogen) atoms. The van der Waals surface area contributed by atoms with Crippen LogP contribution in [0.1, 0.15) is 40.0 Å². The number of esters is 2. The van der Waals surface area contributed by atoms with Crippen molar-refractivity contribution in [3.8, 4) is 0 Å². The van der Waals surface area contributed by atoms with Gasteiger partial charge in [0.1, 0.15) is 0 Å². The summed E-state index contributed by atoms with van der Waals surface area (Å²) in [5.41, 5.74) is -0.128. The summed E-state index contributed by atoms with van der Waals surface area (Å²) >= 11 is 0. The molecule has 0 aromatic heterocycles. The van der Waals surface area contributed by atoms with Crippen LogP contribution in [-0.4, -0.2) is 67.0 Å². The summed E-state index contributed by atoms with van der Waals surface area (Å²) in [4.78, 5) is 23.3. The summed E-state index contributed by atoms with van der Waals surface area (Å²) < 4.78 is 47.6.